The number of methoxy groups -OCH3 is 4. The summed E-state index contributed by atoms with van der Waals surface area (Å²) < 4.78 is 21.2. The Bertz CT molecular complexity index is 1330. The van der Waals surface area contributed by atoms with Crippen LogP contribution in [0.1, 0.15) is 22.7 Å². The molecule has 8 heteroatoms. The molecular formula is C29H29NO7. The fourth-order valence-corrected chi connectivity index (χ4v) is 4.45. The highest BCUT2D eigenvalue weighted by Gasteiger charge is 2.45. The van der Waals surface area contributed by atoms with Gasteiger partial charge in [-0.25, -0.2) is 0 Å². The predicted octanol–water partition coefficient (Wildman–Crippen LogP) is 4.39. The monoisotopic (exact) mass is 503 g/mol. The Morgan fingerprint density at radius 2 is 1.51 bits per heavy atom. The quantitative estimate of drug-likeness (QED) is 0.263. The maximum atomic E-state index is 13.3. The maximum Gasteiger partial charge on any atom is 0.295 e. The van der Waals surface area contributed by atoms with Crippen molar-refractivity contribution in [2.24, 2.45) is 0 Å². The van der Waals surface area contributed by atoms with Gasteiger partial charge in [0.05, 0.1) is 40.1 Å². The van der Waals surface area contributed by atoms with Crippen molar-refractivity contribution in [3.05, 3.63) is 89.0 Å². The largest absolute Gasteiger partial charge is 0.507 e. The lowest BCUT2D eigenvalue weighted by molar-refractivity contribution is -0.139. The van der Waals surface area contributed by atoms with Crippen molar-refractivity contribution in [3.63, 3.8) is 0 Å². The van der Waals surface area contributed by atoms with Crippen molar-refractivity contribution in [1.82, 2.24) is 4.90 Å². The predicted molar refractivity (Wildman–Crippen MR) is 138 cm³/mol. The van der Waals surface area contributed by atoms with Gasteiger partial charge in [0.25, 0.3) is 11.7 Å². The Labute approximate surface area is 215 Å². The van der Waals surface area contributed by atoms with Crippen LogP contribution in [-0.2, 0) is 16.0 Å². The molecule has 1 aliphatic rings. The number of hydrogen-bond donors (Lipinski definition) is 1. The zero-order valence-electron chi connectivity index (χ0n) is 21.2. The first kappa shape index (κ1) is 25.6. The average molecular weight is 504 g/mol. The van der Waals surface area contributed by atoms with Crippen LogP contribution in [0.15, 0.2) is 72.3 Å². The van der Waals surface area contributed by atoms with E-state index in [-0.39, 0.29) is 17.9 Å². The lowest BCUT2D eigenvalue weighted by atomic mass is 9.95. The van der Waals surface area contributed by atoms with Crippen LogP contribution in [0.3, 0.4) is 0 Å². The minimum Gasteiger partial charge on any atom is -0.507 e. The molecular weight excluding hydrogens is 474 g/mol. The highest BCUT2D eigenvalue weighted by molar-refractivity contribution is 6.46. The Balaban J connectivity index is 1.75. The fourth-order valence-electron chi connectivity index (χ4n) is 4.45. The second kappa shape index (κ2) is 11.1. The number of amides is 1. The van der Waals surface area contributed by atoms with Crippen molar-refractivity contribution in [2.45, 2.75) is 12.5 Å². The number of Topliss-reactive ketones (excluding diaryl/α,β-unsaturated/α-hetero) is 1. The molecule has 0 saturated carbocycles. The van der Waals surface area contributed by atoms with Gasteiger partial charge in [0, 0.05) is 12.1 Å². The number of carbonyl (C=O) groups is 2. The van der Waals surface area contributed by atoms with Gasteiger partial charge in [-0.15, -0.1) is 0 Å². The number of benzene rings is 3. The summed E-state index contributed by atoms with van der Waals surface area (Å²) in [6.07, 6.45) is 0.458. The summed E-state index contributed by atoms with van der Waals surface area (Å²) in [5, 5.41) is 11.3. The number of ether oxygens (including phenoxy) is 4. The molecule has 1 saturated heterocycles. The van der Waals surface area contributed by atoms with Crippen molar-refractivity contribution in [1.29, 1.82) is 0 Å². The summed E-state index contributed by atoms with van der Waals surface area (Å²) in [5.41, 5.74) is 1.99. The average Bonchev–Trinajstić information content (AvgIpc) is 3.20. The van der Waals surface area contributed by atoms with Gasteiger partial charge < -0.3 is 29.0 Å². The molecule has 0 aromatic heterocycles. The second-order valence-electron chi connectivity index (χ2n) is 8.44. The van der Waals surface area contributed by atoms with E-state index in [0.29, 0.717) is 40.5 Å². The number of ketones is 1. The molecule has 1 aliphatic heterocycles. The number of hydrogen-bond acceptors (Lipinski definition) is 7. The summed E-state index contributed by atoms with van der Waals surface area (Å²) in [6.45, 7) is 0.242. The molecule has 0 aliphatic carbocycles. The standard InChI is InChI=1S/C29H29NO7/c1-34-21-11-9-19(10-12-21)26-25(27(31)20-6-5-7-22(17-20)35-2)28(32)29(33)30(26)15-14-18-8-13-23(36-3)24(16-18)37-4/h5-13,16-17,26,31H,14-15H2,1-4H3. The lowest BCUT2D eigenvalue weighted by Gasteiger charge is -2.25. The first-order valence-electron chi connectivity index (χ1n) is 11.7. The van der Waals surface area contributed by atoms with Gasteiger partial charge in [-0.2, -0.15) is 0 Å². The Kier molecular flexibility index (Phi) is 7.67. The van der Waals surface area contributed by atoms with E-state index in [9.17, 15) is 14.7 Å². The molecule has 1 heterocycles. The second-order valence-corrected chi connectivity index (χ2v) is 8.44. The summed E-state index contributed by atoms with van der Waals surface area (Å²) in [7, 11) is 6.20. The van der Waals surface area contributed by atoms with Crippen LogP contribution in [0.5, 0.6) is 23.0 Å². The van der Waals surface area contributed by atoms with E-state index < -0.39 is 17.7 Å². The Hall–Kier alpha value is -4.46. The zero-order chi connectivity index (χ0) is 26.5. The first-order valence-corrected chi connectivity index (χ1v) is 11.7. The topological polar surface area (TPSA) is 94.5 Å². The normalized spacial score (nSPS) is 16.5. The highest BCUT2D eigenvalue weighted by atomic mass is 16.5. The van der Waals surface area contributed by atoms with E-state index in [1.54, 1.807) is 75.9 Å². The molecule has 1 fully saturated rings. The van der Waals surface area contributed by atoms with Gasteiger partial charge in [0.15, 0.2) is 11.5 Å². The summed E-state index contributed by atoms with van der Waals surface area (Å²) >= 11 is 0. The first-order chi connectivity index (χ1) is 17.9. The van der Waals surface area contributed by atoms with Gasteiger partial charge in [0.2, 0.25) is 0 Å². The summed E-state index contributed by atoms with van der Waals surface area (Å²) in [6, 6.07) is 18.6. The minimum absolute atomic E-state index is 0.0238. The molecule has 1 N–H and O–H groups in total. The van der Waals surface area contributed by atoms with Gasteiger partial charge in [-0.05, 0) is 53.9 Å². The summed E-state index contributed by atoms with van der Waals surface area (Å²) in [4.78, 5) is 28.0. The number of carbonyl (C=O) groups excluding carboxylic acids is 2. The van der Waals surface area contributed by atoms with Crippen LogP contribution in [0.4, 0.5) is 0 Å². The van der Waals surface area contributed by atoms with E-state index in [0.717, 1.165) is 5.56 Å². The van der Waals surface area contributed by atoms with Crippen LogP contribution in [-0.4, -0.2) is 56.7 Å². The van der Waals surface area contributed by atoms with Gasteiger partial charge in [-0.3, -0.25) is 9.59 Å². The molecule has 0 spiro atoms. The molecule has 1 amide bonds. The smallest absolute Gasteiger partial charge is 0.295 e. The minimum atomic E-state index is -0.780. The SMILES string of the molecule is COc1ccc(C2C(=C(O)c3cccc(OC)c3)C(=O)C(=O)N2CCc2ccc(OC)c(OC)c2)cc1. The van der Waals surface area contributed by atoms with Gasteiger partial charge in [0.1, 0.15) is 17.3 Å². The number of aliphatic hydroxyl groups excluding tert-OH is 1. The fraction of sp³-hybridized carbons (Fsp3) is 0.241. The molecule has 8 nitrogen and oxygen atoms in total. The molecule has 0 radical (unpaired) electrons. The summed E-state index contributed by atoms with van der Waals surface area (Å²) in [5.74, 6) is 0.660. The molecule has 1 atom stereocenters. The third-order valence-corrected chi connectivity index (χ3v) is 6.40. The van der Waals surface area contributed by atoms with E-state index in [1.807, 2.05) is 12.1 Å². The molecule has 0 bridgehead atoms. The van der Waals surface area contributed by atoms with Crippen LogP contribution in [0, 0.1) is 0 Å². The number of likely N-dealkylation sites (tertiary alicyclic amines) is 1. The van der Waals surface area contributed by atoms with E-state index >= 15 is 0 Å². The molecule has 3 aromatic carbocycles. The van der Waals surface area contributed by atoms with Gasteiger partial charge in [-0.1, -0.05) is 30.3 Å². The number of rotatable bonds is 9. The van der Waals surface area contributed by atoms with Crippen LogP contribution in [0.25, 0.3) is 5.76 Å². The molecule has 37 heavy (non-hydrogen) atoms. The van der Waals surface area contributed by atoms with Crippen LogP contribution < -0.4 is 18.9 Å². The van der Waals surface area contributed by atoms with Crippen molar-refractivity contribution >= 4 is 17.4 Å². The van der Waals surface area contributed by atoms with E-state index in [4.69, 9.17) is 18.9 Å². The van der Waals surface area contributed by atoms with Crippen molar-refractivity contribution in [3.8, 4) is 23.0 Å². The third-order valence-electron chi connectivity index (χ3n) is 6.40. The van der Waals surface area contributed by atoms with Gasteiger partial charge >= 0.3 is 0 Å². The maximum absolute atomic E-state index is 13.3. The molecule has 1 unspecified atom stereocenters. The number of nitrogens with zero attached hydrogens (tertiary/aromatic N) is 1. The van der Waals surface area contributed by atoms with Crippen LogP contribution in [0.2, 0.25) is 0 Å². The van der Waals surface area contributed by atoms with E-state index in [1.165, 1.54) is 12.0 Å². The molecule has 3 aromatic rings. The Morgan fingerprint density at radius 3 is 2.16 bits per heavy atom. The highest BCUT2D eigenvalue weighted by Crippen LogP contribution is 2.40. The third kappa shape index (κ3) is 5.09. The number of aliphatic hydroxyl groups is 1. The van der Waals surface area contributed by atoms with Crippen LogP contribution >= 0.6 is 0 Å². The molecule has 4 rings (SSSR count). The van der Waals surface area contributed by atoms with Crippen molar-refractivity contribution in [2.75, 3.05) is 35.0 Å². The zero-order valence-corrected chi connectivity index (χ0v) is 21.2. The van der Waals surface area contributed by atoms with E-state index in [2.05, 4.69) is 0 Å². The lowest BCUT2D eigenvalue weighted by Crippen LogP contribution is -2.31. The molecule has 192 valence electrons. The Morgan fingerprint density at radius 1 is 0.811 bits per heavy atom. The van der Waals surface area contributed by atoms with Crippen molar-refractivity contribution < 1.29 is 33.6 Å².